The summed E-state index contributed by atoms with van der Waals surface area (Å²) in [5.41, 5.74) is -0.488. The van der Waals surface area contributed by atoms with E-state index >= 15 is 0 Å². The number of sulfone groups is 1. The fourth-order valence-electron chi connectivity index (χ4n) is 1.98. The minimum absolute atomic E-state index is 0.145. The van der Waals surface area contributed by atoms with Gasteiger partial charge in [0.1, 0.15) is 5.60 Å². The van der Waals surface area contributed by atoms with Gasteiger partial charge < -0.3 is 15.0 Å². The zero-order valence-electron chi connectivity index (χ0n) is 12.8. The van der Waals surface area contributed by atoms with Crippen molar-refractivity contribution < 1.29 is 17.9 Å². The van der Waals surface area contributed by atoms with Crippen LogP contribution in [0.3, 0.4) is 0 Å². The molecule has 0 aromatic rings. The number of ether oxygens (including phenoxy) is 1. The van der Waals surface area contributed by atoms with Gasteiger partial charge in [0, 0.05) is 31.4 Å². The highest BCUT2D eigenvalue weighted by atomic mass is 32.2. The van der Waals surface area contributed by atoms with Crippen LogP contribution in [0.25, 0.3) is 0 Å². The van der Waals surface area contributed by atoms with E-state index in [-0.39, 0.29) is 23.6 Å². The molecule has 0 spiro atoms. The Morgan fingerprint density at radius 1 is 1.40 bits per heavy atom. The molecule has 0 aliphatic carbocycles. The normalized spacial score (nSPS) is 20.2. The minimum Gasteiger partial charge on any atom is -0.444 e. The van der Waals surface area contributed by atoms with Crippen LogP contribution >= 0.6 is 0 Å². The SMILES string of the molecule is CCS(=O)(=O)CCNC1CCN(C(=O)OC(C)(C)C)C1. The van der Waals surface area contributed by atoms with Gasteiger partial charge in [-0.2, -0.15) is 0 Å². The molecule has 1 aliphatic rings. The second-order valence-corrected chi connectivity index (χ2v) is 8.58. The predicted octanol–water partition coefficient (Wildman–Crippen LogP) is 1.02. The fraction of sp³-hybridized carbons (Fsp3) is 0.923. The van der Waals surface area contributed by atoms with E-state index in [4.69, 9.17) is 4.74 Å². The average Bonchev–Trinajstić information content (AvgIpc) is 2.75. The van der Waals surface area contributed by atoms with Crippen LogP contribution < -0.4 is 5.32 Å². The van der Waals surface area contributed by atoms with E-state index in [1.54, 1.807) is 11.8 Å². The zero-order valence-corrected chi connectivity index (χ0v) is 13.6. The first-order valence-corrected chi connectivity index (χ1v) is 8.87. The van der Waals surface area contributed by atoms with Crippen LogP contribution in [-0.2, 0) is 14.6 Å². The molecule has 0 radical (unpaired) electrons. The van der Waals surface area contributed by atoms with Gasteiger partial charge in [-0.3, -0.25) is 0 Å². The maximum Gasteiger partial charge on any atom is 0.410 e. The number of rotatable bonds is 5. The third-order valence-corrected chi connectivity index (χ3v) is 4.83. The Bertz CT molecular complexity index is 428. The average molecular weight is 306 g/mol. The number of likely N-dealkylation sites (tertiary alicyclic amines) is 1. The van der Waals surface area contributed by atoms with E-state index in [0.717, 1.165) is 6.42 Å². The third kappa shape index (κ3) is 6.09. The van der Waals surface area contributed by atoms with Gasteiger partial charge in [-0.1, -0.05) is 6.92 Å². The largest absolute Gasteiger partial charge is 0.444 e. The minimum atomic E-state index is -2.93. The summed E-state index contributed by atoms with van der Waals surface area (Å²) in [5.74, 6) is 0.315. The van der Waals surface area contributed by atoms with Crippen LogP contribution in [0.2, 0.25) is 0 Å². The van der Waals surface area contributed by atoms with Gasteiger partial charge in [0.25, 0.3) is 0 Å². The summed E-state index contributed by atoms with van der Waals surface area (Å²) in [5, 5.41) is 3.19. The lowest BCUT2D eigenvalue weighted by Crippen LogP contribution is -2.39. The van der Waals surface area contributed by atoms with E-state index in [2.05, 4.69) is 5.32 Å². The van der Waals surface area contributed by atoms with Crippen LogP contribution in [0, 0.1) is 0 Å². The van der Waals surface area contributed by atoms with Crippen molar-refractivity contribution in [2.75, 3.05) is 31.1 Å². The van der Waals surface area contributed by atoms with Crippen LogP contribution in [-0.4, -0.2) is 62.2 Å². The molecule has 1 amide bonds. The van der Waals surface area contributed by atoms with Crippen molar-refractivity contribution >= 4 is 15.9 Å². The molecule has 7 heteroatoms. The molecule has 20 heavy (non-hydrogen) atoms. The van der Waals surface area contributed by atoms with Crippen molar-refractivity contribution in [2.45, 2.75) is 45.8 Å². The third-order valence-electron chi connectivity index (χ3n) is 3.13. The van der Waals surface area contributed by atoms with Gasteiger partial charge >= 0.3 is 6.09 Å². The van der Waals surface area contributed by atoms with Crippen molar-refractivity contribution in [1.29, 1.82) is 0 Å². The summed E-state index contributed by atoms with van der Waals surface area (Å²) < 4.78 is 28.1. The van der Waals surface area contributed by atoms with Crippen LogP contribution in [0.4, 0.5) is 4.79 Å². The predicted molar refractivity (Wildman–Crippen MR) is 78.5 cm³/mol. The molecule has 1 rings (SSSR count). The quantitative estimate of drug-likeness (QED) is 0.821. The van der Waals surface area contributed by atoms with Crippen molar-refractivity contribution in [3.05, 3.63) is 0 Å². The lowest BCUT2D eigenvalue weighted by molar-refractivity contribution is 0.0291. The van der Waals surface area contributed by atoms with Crippen molar-refractivity contribution in [3.8, 4) is 0 Å². The highest BCUT2D eigenvalue weighted by Gasteiger charge is 2.29. The molecular formula is C13H26N2O4S. The Hall–Kier alpha value is -0.820. The first-order chi connectivity index (χ1) is 9.13. The first kappa shape index (κ1) is 17.2. The van der Waals surface area contributed by atoms with Crippen LogP contribution in [0.1, 0.15) is 34.1 Å². The van der Waals surface area contributed by atoms with Crippen molar-refractivity contribution in [2.24, 2.45) is 0 Å². The summed E-state index contributed by atoms with van der Waals surface area (Å²) in [6, 6.07) is 0.148. The molecule has 1 saturated heterocycles. The lowest BCUT2D eigenvalue weighted by Gasteiger charge is -2.24. The van der Waals surface area contributed by atoms with Crippen LogP contribution in [0.5, 0.6) is 0 Å². The van der Waals surface area contributed by atoms with Crippen molar-refractivity contribution in [3.63, 3.8) is 0 Å². The van der Waals surface area contributed by atoms with Gasteiger partial charge in [0.15, 0.2) is 9.84 Å². The standard InChI is InChI=1S/C13H26N2O4S/c1-5-20(17,18)9-7-14-11-6-8-15(10-11)12(16)19-13(2,3)4/h11,14H,5-10H2,1-4H3. The number of carbonyl (C=O) groups is 1. The van der Waals surface area contributed by atoms with Gasteiger partial charge in [-0.15, -0.1) is 0 Å². The number of hydrogen-bond acceptors (Lipinski definition) is 5. The Kier molecular flexibility index (Phi) is 5.82. The fourth-order valence-corrected chi connectivity index (χ4v) is 2.70. The molecule has 1 unspecified atom stereocenters. The molecule has 0 aromatic heterocycles. The highest BCUT2D eigenvalue weighted by Crippen LogP contribution is 2.15. The van der Waals surface area contributed by atoms with Gasteiger partial charge in [0.2, 0.25) is 0 Å². The number of nitrogens with one attached hydrogen (secondary N) is 1. The van der Waals surface area contributed by atoms with E-state index in [1.807, 2.05) is 20.8 Å². The number of carbonyl (C=O) groups excluding carboxylic acids is 1. The second-order valence-electron chi connectivity index (χ2n) is 6.10. The molecule has 6 nitrogen and oxygen atoms in total. The maximum absolute atomic E-state index is 11.9. The van der Waals surface area contributed by atoms with Gasteiger partial charge in [0.05, 0.1) is 5.75 Å². The summed E-state index contributed by atoms with van der Waals surface area (Å²) >= 11 is 0. The zero-order chi connectivity index (χ0) is 15.4. The summed E-state index contributed by atoms with van der Waals surface area (Å²) in [7, 11) is -2.93. The molecule has 0 saturated carbocycles. The molecule has 1 fully saturated rings. The van der Waals surface area contributed by atoms with E-state index < -0.39 is 15.4 Å². The number of hydrogen-bond donors (Lipinski definition) is 1. The Morgan fingerprint density at radius 3 is 2.60 bits per heavy atom. The summed E-state index contributed by atoms with van der Waals surface area (Å²) in [4.78, 5) is 13.5. The van der Waals surface area contributed by atoms with E-state index in [0.29, 0.717) is 19.6 Å². The Balaban J connectivity index is 2.32. The van der Waals surface area contributed by atoms with Crippen molar-refractivity contribution in [1.82, 2.24) is 10.2 Å². The topological polar surface area (TPSA) is 75.7 Å². The molecule has 118 valence electrons. The molecule has 1 heterocycles. The molecule has 1 atom stereocenters. The monoisotopic (exact) mass is 306 g/mol. The van der Waals surface area contributed by atoms with E-state index in [9.17, 15) is 13.2 Å². The maximum atomic E-state index is 11.9. The first-order valence-electron chi connectivity index (χ1n) is 7.04. The second kappa shape index (κ2) is 6.76. The summed E-state index contributed by atoms with van der Waals surface area (Å²) in [6.07, 6.45) is 0.522. The van der Waals surface area contributed by atoms with Gasteiger partial charge in [-0.05, 0) is 27.2 Å². The number of amides is 1. The molecule has 1 aliphatic heterocycles. The highest BCUT2D eigenvalue weighted by molar-refractivity contribution is 7.91. The number of nitrogens with zero attached hydrogens (tertiary/aromatic N) is 1. The Morgan fingerprint density at radius 2 is 2.05 bits per heavy atom. The molecule has 0 bridgehead atoms. The van der Waals surface area contributed by atoms with E-state index in [1.165, 1.54) is 0 Å². The molecule has 1 N–H and O–H groups in total. The Labute approximate surface area is 121 Å². The summed E-state index contributed by atoms with van der Waals surface area (Å²) in [6.45, 7) is 8.82. The van der Waals surface area contributed by atoms with Gasteiger partial charge in [-0.25, -0.2) is 13.2 Å². The molecular weight excluding hydrogens is 280 g/mol. The lowest BCUT2D eigenvalue weighted by atomic mass is 10.2. The molecule has 0 aromatic carbocycles. The van der Waals surface area contributed by atoms with Crippen LogP contribution in [0.15, 0.2) is 0 Å². The smallest absolute Gasteiger partial charge is 0.410 e.